The van der Waals surface area contributed by atoms with Crippen LogP contribution < -0.4 is 10.6 Å². The van der Waals surface area contributed by atoms with Gasteiger partial charge in [0.1, 0.15) is 6.04 Å². The lowest BCUT2D eigenvalue weighted by Crippen LogP contribution is -2.52. The van der Waals surface area contributed by atoms with Crippen molar-refractivity contribution < 1.29 is 14.4 Å². The molecule has 9 heteroatoms. The van der Waals surface area contributed by atoms with E-state index < -0.39 is 11.9 Å². The average molecular weight is 382 g/mol. The number of aromatic nitrogens is 3. The quantitative estimate of drug-likeness (QED) is 0.714. The first-order valence-electron chi connectivity index (χ1n) is 9.32. The van der Waals surface area contributed by atoms with Crippen LogP contribution in [0.1, 0.15) is 41.4 Å². The minimum absolute atomic E-state index is 0.199. The summed E-state index contributed by atoms with van der Waals surface area (Å²) in [5.41, 5.74) is 3.03. The molecule has 2 unspecified atom stereocenters. The third-order valence-corrected chi connectivity index (χ3v) is 5.33. The Labute approximate surface area is 162 Å². The summed E-state index contributed by atoms with van der Waals surface area (Å²) in [6.45, 7) is 2.43. The van der Waals surface area contributed by atoms with Crippen LogP contribution in [0.25, 0.3) is 5.69 Å². The van der Waals surface area contributed by atoms with Crippen LogP contribution >= 0.6 is 0 Å². The molecule has 28 heavy (non-hydrogen) atoms. The Morgan fingerprint density at radius 3 is 2.89 bits per heavy atom. The Bertz CT molecular complexity index is 953. The van der Waals surface area contributed by atoms with Crippen molar-refractivity contribution in [2.24, 2.45) is 0 Å². The van der Waals surface area contributed by atoms with E-state index in [9.17, 15) is 14.4 Å². The molecule has 2 aliphatic heterocycles. The summed E-state index contributed by atoms with van der Waals surface area (Å²) in [6.07, 6.45) is 3.21. The molecule has 0 bridgehead atoms. The standard InChI is InChI=1S/C19H22N6O3/c1-11(20-2)7-13-10-25(23-22-13)14-4-3-12-9-24(19(28)15(12)8-14)16-5-6-17(26)21-18(16)27/h3-4,8,10-11,16,20H,5-7,9H2,1-2H3,(H,21,26,27). The highest BCUT2D eigenvalue weighted by atomic mass is 16.2. The Morgan fingerprint density at radius 2 is 2.14 bits per heavy atom. The maximum absolute atomic E-state index is 12.9. The van der Waals surface area contributed by atoms with E-state index in [1.54, 1.807) is 10.7 Å². The Morgan fingerprint density at radius 1 is 1.32 bits per heavy atom. The van der Waals surface area contributed by atoms with Crippen molar-refractivity contribution >= 4 is 17.7 Å². The molecular formula is C19H22N6O3. The molecule has 3 heterocycles. The molecule has 2 N–H and O–H groups in total. The van der Waals surface area contributed by atoms with Gasteiger partial charge in [-0.3, -0.25) is 19.7 Å². The van der Waals surface area contributed by atoms with Gasteiger partial charge in [-0.15, -0.1) is 5.10 Å². The number of benzene rings is 1. The second kappa shape index (κ2) is 7.16. The number of rotatable bonds is 5. The predicted molar refractivity (Wildman–Crippen MR) is 99.6 cm³/mol. The highest BCUT2D eigenvalue weighted by Gasteiger charge is 2.39. The zero-order valence-corrected chi connectivity index (χ0v) is 15.8. The number of likely N-dealkylation sites (N-methyl/N-ethyl adjacent to an activating group) is 1. The highest BCUT2D eigenvalue weighted by molar-refractivity contribution is 6.05. The van der Waals surface area contributed by atoms with E-state index in [4.69, 9.17) is 0 Å². The number of nitrogens with zero attached hydrogens (tertiary/aromatic N) is 4. The van der Waals surface area contributed by atoms with E-state index in [0.29, 0.717) is 18.5 Å². The first-order valence-corrected chi connectivity index (χ1v) is 9.32. The zero-order chi connectivity index (χ0) is 19.8. The molecule has 2 aliphatic rings. The summed E-state index contributed by atoms with van der Waals surface area (Å²) in [5, 5.41) is 13.8. The van der Waals surface area contributed by atoms with Crippen LogP contribution in [0.5, 0.6) is 0 Å². The van der Waals surface area contributed by atoms with E-state index in [-0.39, 0.29) is 24.3 Å². The molecule has 1 fully saturated rings. The lowest BCUT2D eigenvalue weighted by Gasteiger charge is -2.29. The molecule has 2 aromatic rings. The lowest BCUT2D eigenvalue weighted by atomic mass is 10.0. The number of carbonyl (C=O) groups excluding carboxylic acids is 3. The summed E-state index contributed by atoms with van der Waals surface area (Å²) in [5.74, 6) is -0.894. The first-order chi connectivity index (χ1) is 13.5. The van der Waals surface area contributed by atoms with Crippen molar-refractivity contribution in [3.8, 4) is 5.69 Å². The Balaban J connectivity index is 1.55. The van der Waals surface area contributed by atoms with Gasteiger partial charge in [0.25, 0.3) is 5.91 Å². The van der Waals surface area contributed by atoms with E-state index in [1.165, 1.54) is 4.90 Å². The van der Waals surface area contributed by atoms with Crippen molar-refractivity contribution in [3.63, 3.8) is 0 Å². The van der Waals surface area contributed by atoms with Gasteiger partial charge in [0, 0.05) is 31.0 Å². The van der Waals surface area contributed by atoms with E-state index in [2.05, 4.69) is 27.9 Å². The molecule has 1 aromatic carbocycles. The van der Waals surface area contributed by atoms with Crippen LogP contribution in [0.2, 0.25) is 0 Å². The number of imide groups is 1. The number of hydrogen-bond acceptors (Lipinski definition) is 6. The van der Waals surface area contributed by atoms with Crippen LogP contribution in [0, 0.1) is 0 Å². The molecule has 3 amide bonds. The number of carbonyl (C=O) groups is 3. The van der Waals surface area contributed by atoms with Gasteiger partial charge in [0.05, 0.1) is 17.6 Å². The van der Waals surface area contributed by atoms with Gasteiger partial charge in [0.2, 0.25) is 11.8 Å². The van der Waals surface area contributed by atoms with Crippen molar-refractivity contribution in [1.29, 1.82) is 0 Å². The highest BCUT2D eigenvalue weighted by Crippen LogP contribution is 2.29. The summed E-state index contributed by atoms with van der Waals surface area (Å²) in [7, 11) is 1.90. The molecule has 1 aromatic heterocycles. The van der Waals surface area contributed by atoms with Gasteiger partial charge in [-0.05, 0) is 38.1 Å². The third kappa shape index (κ3) is 3.29. The fraction of sp³-hybridized carbons (Fsp3) is 0.421. The first kappa shape index (κ1) is 18.3. The summed E-state index contributed by atoms with van der Waals surface area (Å²) < 4.78 is 1.65. The molecular weight excluding hydrogens is 360 g/mol. The summed E-state index contributed by atoms with van der Waals surface area (Å²) >= 11 is 0. The normalized spacial score (nSPS) is 20.3. The largest absolute Gasteiger partial charge is 0.322 e. The number of amides is 3. The SMILES string of the molecule is CNC(C)Cc1cn(-c2ccc3c(c2)C(=O)N(C2CCC(=O)NC2=O)C3)nn1. The van der Waals surface area contributed by atoms with Gasteiger partial charge in [-0.1, -0.05) is 11.3 Å². The van der Waals surface area contributed by atoms with E-state index in [0.717, 1.165) is 23.4 Å². The maximum atomic E-state index is 12.9. The van der Waals surface area contributed by atoms with Crippen LogP contribution in [-0.4, -0.2) is 56.7 Å². The lowest BCUT2D eigenvalue weighted by molar-refractivity contribution is -0.136. The van der Waals surface area contributed by atoms with Crippen LogP contribution in [-0.2, 0) is 22.6 Å². The zero-order valence-electron chi connectivity index (χ0n) is 15.8. The Kier molecular flexibility index (Phi) is 4.68. The third-order valence-electron chi connectivity index (χ3n) is 5.33. The van der Waals surface area contributed by atoms with Gasteiger partial charge in [-0.2, -0.15) is 0 Å². The topological polar surface area (TPSA) is 109 Å². The molecule has 9 nitrogen and oxygen atoms in total. The number of piperidine rings is 1. The Hall–Kier alpha value is -3.07. The molecule has 0 aliphatic carbocycles. The van der Waals surface area contributed by atoms with Crippen molar-refractivity contribution in [3.05, 3.63) is 41.2 Å². The summed E-state index contributed by atoms with van der Waals surface area (Å²) in [4.78, 5) is 38.0. The van der Waals surface area contributed by atoms with Gasteiger partial charge in [-0.25, -0.2) is 4.68 Å². The molecule has 0 spiro atoms. The number of hydrogen-bond donors (Lipinski definition) is 2. The van der Waals surface area contributed by atoms with Gasteiger partial charge >= 0.3 is 0 Å². The second-order valence-corrected chi connectivity index (χ2v) is 7.29. The number of nitrogens with one attached hydrogen (secondary N) is 2. The summed E-state index contributed by atoms with van der Waals surface area (Å²) in [6, 6.07) is 5.23. The van der Waals surface area contributed by atoms with Crippen LogP contribution in [0.3, 0.4) is 0 Å². The minimum atomic E-state index is -0.609. The molecule has 1 saturated heterocycles. The van der Waals surface area contributed by atoms with Crippen LogP contribution in [0.15, 0.2) is 24.4 Å². The monoisotopic (exact) mass is 382 g/mol. The minimum Gasteiger partial charge on any atom is -0.322 e. The predicted octanol–water partition coefficient (Wildman–Crippen LogP) is 0.179. The van der Waals surface area contributed by atoms with Gasteiger partial charge in [0.15, 0.2) is 0 Å². The molecule has 4 rings (SSSR count). The van der Waals surface area contributed by atoms with Crippen molar-refractivity contribution in [2.45, 2.75) is 44.8 Å². The fourth-order valence-electron chi connectivity index (χ4n) is 3.62. The fourth-order valence-corrected chi connectivity index (χ4v) is 3.62. The van der Waals surface area contributed by atoms with Crippen molar-refractivity contribution in [2.75, 3.05) is 7.05 Å². The van der Waals surface area contributed by atoms with Crippen LogP contribution in [0.4, 0.5) is 0 Å². The molecule has 0 saturated carbocycles. The van der Waals surface area contributed by atoms with Gasteiger partial charge < -0.3 is 10.2 Å². The van der Waals surface area contributed by atoms with Crippen molar-refractivity contribution in [1.82, 2.24) is 30.5 Å². The van der Waals surface area contributed by atoms with E-state index >= 15 is 0 Å². The van der Waals surface area contributed by atoms with E-state index in [1.807, 2.05) is 25.4 Å². The number of fused-ring (bicyclic) bond motifs is 1. The molecule has 0 radical (unpaired) electrons. The average Bonchev–Trinajstić information content (AvgIpc) is 3.26. The molecule has 2 atom stereocenters. The smallest absolute Gasteiger partial charge is 0.255 e. The maximum Gasteiger partial charge on any atom is 0.255 e. The second-order valence-electron chi connectivity index (χ2n) is 7.29. The molecule has 146 valence electrons.